The monoisotopic (exact) mass is 292 g/mol. The lowest BCUT2D eigenvalue weighted by Crippen LogP contribution is -2.30. The number of hydrogen-bond donors (Lipinski definition) is 1. The van der Waals surface area contributed by atoms with Crippen LogP contribution in [-0.4, -0.2) is 27.2 Å². The molecule has 0 aromatic carbocycles. The summed E-state index contributed by atoms with van der Waals surface area (Å²) in [5.41, 5.74) is -0.0247. The summed E-state index contributed by atoms with van der Waals surface area (Å²) in [6, 6.07) is 0. The number of rotatable bonds is 6. The van der Waals surface area contributed by atoms with Gasteiger partial charge in [-0.3, -0.25) is 19.6 Å². The summed E-state index contributed by atoms with van der Waals surface area (Å²) in [4.78, 5) is 22.0. The van der Waals surface area contributed by atoms with Gasteiger partial charge in [0.15, 0.2) is 0 Å². The zero-order valence-corrected chi connectivity index (χ0v) is 11.9. The fraction of sp³-hybridized carbons (Fsp3) is 0.714. The van der Waals surface area contributed by atoms with Gasteiger partial charge in [-0.1, -0.05) is 6.42 Å². The summed E-state index contributed by atoms with van der Waals surface area (Å²) in [6.45, 7) is 0.911. The fourth-order valence-electron chi connectivity index (χ4n) is 3.82. The molecular formula is C14H20N4O3. The van der Waals surface area contributed by atoms with Crippen LogP contribution in [0.4, 0.5) is 5.69 Å². The molecule has 1 heterocycles. The number of fused-ring (bicyclic) bond motifs is 2. The minimum Gasteiger partial charge on any atom is -0.354 e. The molecule has 114 valence electrons. The highest BCUT2D eigenvalue weighted by molar-refractivity contribution is 5.76. The average molecular weight is 292 g/mol. The Morgan fingerprint density at radius 3 is 2.95 bits per heavy atom. The molecule has 0 saturated heterocycles. The van der Waals surface area contributed by atoms with Crippen LogP contribution in [0.15, 0.2) is 12.4 Å². The summed E-state index contributed by atoms with van der Waals surface area (Å²) < 4.78 is 1.48. The summed E-state index contributed by atoms with van der Waals surface area (Å²) in [5.74, 6) is 2.27. The molecule has 2 fully saturated rings. The normalized spacial score (nSPS) is 27.0. The molecule has 1 N–H and O–H groups in total. The Hall–Kier alpha value is -1.92. The molecule has 7 heteroatoms. The first-order valence-corrected chi connectivity index (χ1v) is 7.55. The van der Waals surface area contributed by atoms with Crippen LogP contribution in [0.5, 0.6) is 0 Å². The Morgan fingerprint density at radius 2 is 2.33 bits per heavy atom. The average Bonchev–Trinajstić information content (AvgIpc) is 3.13. The maximum absolute atomic E-state index is 11.9. The van der Waals surface area contributed by atoms with Gasteiger partial charge in [-0.15, -0.1) is 0 Å². The van der Waals surface area contributed by atoms with Gasteiger partial charge in [-0.25, -0.2) is 0 Å². The van der Waals surface area contributed by atoms with E-state index in [1.165, 1.54) is 42.8 Å². The van der Waals surface area contributed by atoms with E-state index in [-0.39, 0.29) is 11.6 Å². The van der Waals surface area contributed by atoms with E-state index in [9.17, 15) is 14.9 Å². The predicted octanol–water partition coefficient (Wildman–Crippen LogP) is 1.73. The number of hydrogen-bond acceptors (Lipinski definition) is 4. The summed E-state index contributed by atoms with van der Waals surface area (Å²) in [5, 5.41) is 17.3. The lowest BCUT2D eigenvalue weighted by Gasteiger charge is -2.20. The number of nitro groups is 1. The van der Waals surface area contributed by atoms with Crippen molar-refractivity contribution < 1.29 is 9.72 Å². The van der Waals surface area contributed by atoms with E-state index in [1.807, 2.05) is 0 Å². The van der Waals surface area contributed by atoms with E-state index in [2.05, 4.69) is 10.4 Å². The molecule has 21 heavy (non-hydrogen) atoms. The van der Waals surface area contributed by atoms with Crippen LogP contribution in [0.2, 0.25) is 0 Å². The van der Waals surface area contributed by atoms with Gasteiger partial charge < -0.3 is 5.32 Å². The minimum atomic E-state index is -0.475. The summed E-state index contributed by atoms with van der Waals surface area (Å²) in [7, 11) is 0. The van der Waals surface area contributed by atoms with Crippen LogP contribution in [0.25, 0.3) is 0 Å². The molecule has 0 spiro atoms. The molecule has 0 aliphatic heterocycles. The lowest BCUT2D eigenvalue weighted by atomic mass is 9.86. The first-order chi connectivity index (χ1) is 10.1. The third kappa shape index (κ3) is 3.22. The van der Waals surface area contributed by atoms with E-state index in [1.54, 1.807) is 0 Å². The van der Waals surface area contributed by atoms with Crippen molar-refractivity contribution in [3.8, 4) is 0 Å². The predicted molar refractivity (Wildman–Crippen MR) is 75.4 cm³/mol. The van der Waals surface area contributed by atoms with E-state index < -0.39 is 4.92 Å². The van der Waals surface area contributed by atoms with Crippen molar-refractivity contribution in [3.05, 3.63) is 22.5 Å². The van der Waals surface area contributed by atoms with Crippen molar-refractivity contribution in [1.82, 2.24) is 15.1 Å². The van der Waals surface area contributed by atoms with E-state index in [4.69, 9.17) is 0 Å². The quantitative estimate of drug-likeness (QED) is 0.638. The summed E-state index contributed by atoms with van der Waals surface area (Å²) >= 11 is 0. The Morgan fingerprint density at radius 1 is 1.48 bits per heavy atom. The highest BCUT2D eigenvalue weighted by Gasteiger charge is 2.39. The molecule has 2 aliphatic carbocycles. The van der Waals surface area contributed by atoms with Gasteiger partial charge in [0.05, 0.1) is 11.5 Å². The van der Waals surface area contributed by atoms with Crippen molar-refractivity contribution in [2.45, 2.75) is 38.6 Å². The van der Waals surface area contributed by atoms with Gasteiger partial charge in [-0.05, 0) is 37.0 Å². The first kappa shape index (κ1) is 14.0. The van der Waals surface area contributed by atoms with Crippen molar-refractivity contribution in [2.75, 3.05) is 6.54 Å². The second-order valence-corrected chi connectivity index (χ2v) is 6.21. The van der Waals surface area contributed by atoms with Gasteiger partial charge >= 0.3 is 5.69 Å². The van der Waals surface area contributed by atoms with Crippen LogP contribution in [0, 0.1) is 27.9 Å². The maximum Gasteiger partial charge on any atom is 0.306 e. The third-order valence-corrected chi connectivity index (χ3v) is 4.83. The van der Waals surface area contributed by atoms with Gasteiger partial charge in [-0.2, -0.15) is 5.10 Å². The number of aromatic nitrogens is 2. The van der Waals surface area contributed by atoms with Gasteiger partial charge in [0, 0.05) is 13.0 Å². The van der Waals surface area contributed by atoms with Crippen molar-refractivity contribution >= 4 is 11.6 Å². The smallest absolute Gasteiger partial charge is 0.306 e. The minimum absolute atomic E-state index is 0.0247. The second-order valence-electron chi connectivity index (χ2n) is 6.21. The molecule has 1 aromatic heterocycles. The number of nitrogens with zero attached hydrogens (tertiary/aromatic N) is 3. The Balaban J connectivity index is 1.38. The number of carbonyl (C=O) groups is 1. The van der Waals surface area contributed by atoms with Crippen molar-refractivity contribution in [1.29, 1.82) is 0 Å². The SMILES string of the molecule is O=C(CC1CC2CCC1C2)NCCn1cc([N+](=O)[O-])cn1. The molecule has 3 rings (SSSR count). The number of carbonyl (C=O) groups excluding carboxylic acids is 1. The molecule has 1 aromatic rings. The highest BCUT2D eigenvalue weighted by Crippen LogP contribution is 2.49. The standard InChI is InChI=1S/C14H20N4O3/c19-14(7-12-6-10-1-2-11(12)5-10)15-3-4-17-9-13(8-16-17)18(20)21/h8-12H,1-7H2,(H,15,19). The molecular weight excluding hydrogens is 272 g/mol. The molecule has 2 aliphatic rings. The van der Waals surface area contributed by atoms with Crippen molar-refractivity contribution in [2.24, 2.45) is 17.8 Å². The molecule has 2 bridgehead atoms. The third-order valence-electron chi connectivity index (χ3n) is 4.83. The van der Waals surface area contributed by atoms with E-state index in [0.29, 0.717) is 25.4 Å². The first-order valence-electron chi connectivity index (χ1n) is 7.55. The van der Waals surface area contributed by atoms with Gasteiger partial charge in [0.2, 0.25) is 5.91 Å². The molecule has 1 amide bonds. The number of amides is 1. The molecule has 7 nitrogen and oxygen atoms in total. The Kier molecular flexibility index (Phi) is 3.90. The van der Waals surface area contributed by atoms with Crippen molar-refractivity contribution in [3.63, 3.8) is 0 Å². The van der Waals surface area contributed by atoms with Gasteiger partial charge in [0.25, 0.3) is 0 Å². The molecule has 3 atom stereocenters. The van der Waals surface area contributed by atoms with Crippen LogP contribution in [0.1, 0.15) is 32.1 Å². The van der Waals surface area contributed by atoms with Crippen LogP contribution < -0.4 is 5.32 Å². The van der Waals surface area contributed by atoms with E-state index in [0.717, 1.165) is 11.8 Å². The van der Waals surface area contributed by atoms with Crippen LogP contribution in [0.3, 0.4) is 0 Å². The molecule has 3 unspecified atom stereocenters. The Labute approximate surface area is 122 Å². The molecule has 2 saturated carbocycles. The van der Waals surface area contributed by atoms with Crippen LogP contribution >= 0.6 is 0 Å². The second kappa shape index (κ2) is 5.83. The van der Waals surface area contributed by atoms with Gasteiger partial charge in [0.1, 0.15) is 12.4 Å². The zero-order valence-electron chi connectivity index (χ0n) is 11.9. The zero-order chi connectivity index (χ0) is 14.8. The van der Waals surface area contributed by atoms with E-state index >= 15 is 0 Å². The molecule has 0 radical (unpaired) electrons. The fourth-order valence-corrected chi connectivity index (χ4v) is 3.82. The van der Waals surface area contributed by atoms with Crippen LogP contribution in [-0.2, 0) is 11.3 Å². The summed E-state index contributed by atoms with van der Waals surface area (Å²) in [6.07, 6.45) is 8.39. The maximum atomic E-state index is 11.9. The largest absolute Gasteiger partial charge is 0.354 e. The topological polar surface area (TPSA) is 90.1 Å². The lowest BCUT2D eigenvalue weighted by molar-refractivity contribution is -0.385. The highest BCUT2D eigenvalue weighted by atomic mass is 16.6. The number of nitrogens with one attached hydrogen (secondary N) is 1. The Bertz CT molecular complexity index is 542.